The summed E-state index contributed by atoms with van der Waals surface area (Å²) in [5, 5.41) is 8.44. The van der Waals surface area contributed by atoms with Crippen LogP contribution in [0.2, 0.25) is 0 Å². The monoisotopic (exact) mass is 551 g/mol. The van der Waals surface area contributed by atoms with E-state index in [1.807, 2.05) is 17.6 Å². The molecule has 0 aliphatic carbocycles. The van der Waals surface area contributed by atoms with Gasteiger partial charge in [0.05, 0.1) is 44.3 Å². The van der Waals surface area contributed by atoms with E-state index >= 15 is 8.78 Å². The van der Waals surface area contributed by atoms with Gasteiger partial charge < -0.3 is 9.30 Å². The molecule has 0 spiro atoms. The molecule has 1 aliphatic heterocycles. The van der Waals surface area contributed by atoms with Crippen molar-refractivity contribution >= 4 is 31.8 Å². The van der Waals surface area contributed by atoms with Crippen LogP contribution >= 0.6 is 0 Å². The van der Waals surface area contributed by atoms with Crippen molar-refractivity contribution in [2.45, 2.75) is 30.7 Å². The lowest BCUT2D eigenvalue weighted by molar-refractivity contribution is 0.0548. The Morgan fingerprint density at radius 3 is 2.46 bits per heavy atom. The first-order chi connectivity index (χ1) is 18.6. The molecule has 11 heteroatoms. The average Bonchev–Trinajstić information content (AvgIpc) is 3.41. The standard InChI is InChI=1S/C28H27F2N5O3S/c1-16-27(34(2)33-32-16)18-12-24-26(31-15-18)25-22(30)13-19(39(3,36)37)14-23(25)35(24)28(17-8-10-38-11-9-17)20-6-4-5-7-21(20)29/h4-7,12-15,17,28H,8-11H2,1-3H3/t28-/m0/s1. The lowest BCUT2D eigenvalue weighted by atomic mass is 9.86. The summed E-state index contributed by atoms with van der Waals surface area (Å²) in [4.78, 5) is 4.52. The number of ether oxygens (including phenoxy) is 1. The molecule has 3 aromatic heterocycles. The van der Waals surface area contributed by atoms with Crippen LogP contribution in [0.1, 0.15) is 30.1 Å². The number of sulfone groups is 1. The fraction of sp³-hybridized carbons (Fsp3) is 0.321. The largest absolute Gasteiger partial charge is 0.381 e. The third kappa shape index (κ3) is 4.29. The van der Waals surface area contributed by atoms with Gasteiger partial charge in [0.1, 0.15) is 11.6 Å². The molecule has 0 bridgehead atoms. The number of rotatable bonds is 5. The molecule has 4 heterocycles. The average molecular weight is 552 g/mol. The molecule has 5 aromatic rings. The smallest absolute Gasteiger partial charge is 0.175 e. The number of fused-ring (bicyclic) bond motifs is 3. The minimum Gasteiger partial charge on any atom is -0.381 e. The highest BCUT2D eigenvalue weighted by atomic mass is 32.2. The van der Waals surface area contributed by atoms with Gasteiger partial charge in [0.2, 0.25) is 0 Å². The quantitative estimate of drug-likeness (QED) is 0.306. The highest BCUT2D eigenvalue weighted by Crippen LogP contribution is 2.43. The zero-order chi connectivity index (χ0) is 27.5. The molecule has 202 valence electrons. The SMILES string of the molecule is Cc1nnn(C)c1-c1cnc2c3c(F)cc(S(C)(=O)=O)cc3n([C@H](c3ccccc3F)C3CCOCC3)c2c1. The number of aryl methyl sites for hydroxylation is 2. The van der Waals surface area contributed by atoms with Crippen LogP contribution in [0.15, 0.2) is 53.6 Å². The number of pyridine rings is 1. The van der Waals surface area contributed by atoms with E-state index in [9.17, 15) is 8.42 Å². The number of hydrogen-bond acceptors (Lipinski definition) is 6. The van der Waals surface area contributed by atoms with Crippen LogP contribution in [-0.2, 0) is 21.6 Å². The van der Waals surface area contributed by atoms with E-state index in [0.717, 1.165) is 18.0 Å². The van der Waals surface area contributed by atoms with Crippen molar-refractivity contribution in [3.8, 4) is 11.3 Å². The first-order valence-electron chi connectivity index (χ1n) is 12.7. The lowest BCUT2D eigenvalue weighted by Crippen LogP contribution is -2.27. The second-order valence-corrected chi connectivity index (χ2v) is 12.1. The van der Waals surface area contributed by atoms with Crippen LogP contribution < -0.4 is 0 Å². The van der Waals surface area contributed by atoms with Crippen LogP contribution in [-0.4, -0.2) is 52.4 Å². The summed E-state index contributed by atoms with van der Waals surface area (Å²) in [6.45, 7) is 2.86. The fourth-order valence-electron chi connectivity index (χ4n) is 5.80. The maximum absolute atomic E-state index is 15.8. The Labute approximate surface area is 224 Å². The number of halogens is 2. The Kier molecular flexibility index (Phi) is 6.22. The van der Waals surface area contributed by atoms with Gasteiger partial charge in [-0.2, -0.15) is 0 Å². The van der Waals surface area contributed by atoms with E-state index in [1.165, 1.54) is 12.1 Å². The van der Waals surface area contributed by atoms with Gasteiger partial charge in [0.25, 0.3) is 0 Å². The van der Waals surface area contributed by atoms with E-state index in [-0.39, 0.29) is 22.0 Å². The molecular formula is C28H27F2N5O3S. The molecule has 2 aromatic carbocycles. The van der Waals surface area contributed by atoms with Crippen molar-refractivity contribution < 1.29 is 21.9 Å². The maximum Gasteiger partial charge on any atom is 0.175 e. The third-order valence-corrected chi connectivity index (χ3v) is 8.67. The zero-order valence-corrected chi connectivity index (χ0v) is 22.5. The zero-order valence-electron chi connectivity index (χ0n) is 21.7. The number of aromatic nitrogens is 5. The highest BCUT2D eigenvalue weighted by Gasteiger charge is 2.33. The van der Waals surface area contributed by atoms with E-state index in [4.69, 9.17) is 4.74 Å². The van der Waals surface area contributed by atoms with Gasteiger partial charge in [-0.25, -0.2) is 21.9 Å². The normalized spacial score (nSPS) is 15.8. The van der Waals surface area contributed by atoms with Gasteiger partial charge >= 0.3 is 0 Å². The predicted molar refractivity (Wildman–Crippen MR) is 143 cm³/mol. The molecule has 8 nitrogen and oxygen atoms in total. The van der Waals surface area contributed by atoms with Gasteiger partial charge in [-0.3, -0.25) is 4.98 Å². The maximum atomic E-state index is 15.8. The highest BCUT2D eigenvalue weighted by molar-refractivity contribution is 7.90. The molecule has 6 rings (SSSR count). The van der Waals surface area contributed by atoms with Crippen molar-refractivity contribution in [3.05, 3.63) is 71.6 Å². The topological polar surface area (TPSA) is 91.9 Å². The Morgan fingerprint density at radius 2 is 1.79 bits per heavy atom. The summed E-state index contributed by atoms with van der Waals surface area (Å²) in [6, 6.07) is 10.4. The lowest BCUT2D eigenvalue weighted by Gasteiger charge is -2.33. The van der Waals surface area contributed by atoms with Gasteiger partial charge in [0, 0.05) is 43.8 Å². The summed E-state index contributed by atoms with van der Waals surface area (Å²) < 4.78 is 65.5. The van der Waals surface area contributed by atoms with Crippen LogP contribution in [0.5, 0.6) is 0 Å². The molecule has 0 N–H and O–H groups in total. The second-order valence-electron chi connectivity index (χ2n) is 10.1. The van der Waals surface area contributed by atoms with Crippen LogP contribution in [0.4, 0.5) is 8.78 Å². The van der Waals surface area contributed by atoms with Gasteiger partial charge in [0.15, 0.2) is 9.84 Å². The molecule has 1 aliphatic rings. The summed E-state index contributed by atoms with van der Waals surface area (Å²) in [6.07, 6.45) is 3.99. The van der Waals surface area contributed by atoms with Crippen molar-refractivity contribution in [1.29, 1.82) is 0 Å². The van der Waals surface area contributed by atoms with Gasteiger partial charge in [-0.1, -0.05) is 23.4 Å². The molecule has 0 amide bonds. The summed E-state index contributed by atoms with van der Waals surface area (Å²) in [5.74, 6) is -1.14. The number of benzene rings is 2. The first kappa shape index (κ1) is 25.6. The predicted octanol–water partition coefficient (Wildman–Crippen LogP) is 4.99. The minimum absolute atomic E-state index is 0.0526. The van der Waals surface area contributed by atoms with Gasteiger partial charge in [-0.05, 0) is 49.9 Å². The molecular weight excluding hydrogens is 524 g/mol. The molecule has 1 saturated heterocycles. The summed E-state index contributed by atoms with van der Waals surface area (Å²) >= 11 is 0. The van der Waals surface area contributed by atoms with E-state index < -0.39 is 21.7 Å². The number of nitrogens with zero attached hydrogens (tertiary/aromatic N) is 5. The van der Waals surface area contributed by atoms with Crippen molar-refractivity contribution in [2.75, 3.05) is 19.5 Å². The Bertz CT molecular complexity index is 1820. The van der Waals surface area contributed by atoms with E-state index in [2.05, 4.69) is 15.3 Å². The second kappa shape index (κ2) is 9.49. The molecule has 0 unspecified atom stereocenters. The Balaban J connectivity index is 1.76. The molecule has 0 radical (unpaired) electrons. The molecule has 39 heavy (non-hydrogen) atoms. The Hall–Kier alpha value is -3.70. The minimum atomic E-state index is -3.74. The first-order valence-corrected chi connectivity index (χ1v) is 14.6. The van der Waals surface area contributed by atoms with Crippen molar-refractivity contribution in [3.63, 3.8) is 0 Å². The van der Waals surface area contributed by atoms with Crippen molar-refractivity contribution in [1.82, 2.24) is 24.5 Å². The van der Waals surface area contributed by atoms with Gasteiger partial charge in [-0.15, -0.1) is 5.10 Å². The summed E-state index contributed by atoms with van der Waals surface area (Å²) in [5.41, 5.74) is 3.86. The number of hydrogen-bond donors (Lipinski definition) is 0. The van der Waals surface area contributed by atoms with E-state index in [0.29, 0.717) is 59.4 Å². The Morgan fingerprint density at radius 1 is 1.05 bits per heavy atom. The van der Waals surface area contributed by atoms with Crippen LogP contribution in [0.25, 0.3) is 33.2 Å². The van der Waals surface area contributed by atoms with Crippen LogP contribution in [0, 0.1) is 24.5 Å². The molecule has 1 fully saturated rings. The molecule has 1 atom stereocenters. The fourth-order valence-corrected chi connectivity index (χ4v) is 6.44. The molecule has 0 saturated carbocycles. The summed E-state index contributed by atoms with van der Waals surface area (Å²) in [7, 11) is -1.96. The van der Waals surface area contributed by atoms with Crippen LogP contribution in [0.3, 0.4) is 0 Å². The van der Waals surface area contributed by atoms with E-state index in [1.54, 1.807) is 36.1 Å². The third-order valence-electron chi connectivity index (χ3n) is 7.58. The van der Waals surface area contributed by atoms with Crippen molar-refractivity contribution in [2.24, 2.45) is 13.0 Å².